The van der Waals surface area contributed by atoms with Crippen LogP contribution in [0.1, 0.15) is 26.7 Å². The van der Waals surface area contributed by atoms with Crippen molar-refractivity contribution in [2.45, 2.75) is 32.7 Å². The quantitative estimate of drug-likeness (QED) is 0.623. The second-order valence-corrected chi connectivity index (χ2v) is 6.73. The SMILES string of the molecule is CC1(C)CN(CCC(=O)Nc2ccccc2[N+](=O)[O-])CCC1N.Cl. The summed E-state index contributed by atoms with van der Waals surface area (Å²) >= 11 is 0. The van der Waals surface area contributed by atoms with Gasteiger partial charge in [0.2, 0.25) is 5.91 Å². The van der Waals surface area contributed by atoms with Crippen molar-refractivity contribution >= 4 is 29.7 Å². The molecule has 2 rings (SSSR count). The topological polar surface area (TPSA) is 102 Å². The van der Waals surface area contributed by atoms with Crippen molar-refractivity contribution in [3.63, 3.8) is 0 Å². The number of carbonyl (C=O) groups excluding carboxylic acids is 1. The molecule has 0 radical (unpaired) electrons. The highest BCUT2D eigenvalue weighted by molar-refractivity contribution is 5.93. The Kier molecular flexibility index (Phi) is 7.13. The molecule has 0 bridgehead atoms. The highest BCUT2D eigenvalue weighted by atomic mass is 35.5. The summed E-state index contributed by atoms with van der Waals surface area (Å²) in [4.78, 5) is 24.7. The average molecular weight is 357 g/mol. The Morgan fingerprint density at radius 3 is 2.75 bits per heavy atom. The molecule has 1 fully saturated rings. The molecule has 0 aliphatic carbocycles. The molecule has 24 heavy (non-hydrogen) atoms. The standard InChI is InChI=1S/C16H24N4O3.ClH/c1-16(2)11-19(9-7-14(16)17)10-8-15(21)18-12-5-3-4-6-13(12)20(22)23;/h3-6,14H,7-11,17H2,1-2H3,(H,18,21);1H. The molecule has 1 aliphatic rings. The number of nitro groups is 1. The van der Waals surface area contributed by atoms with Gasteiger partial charge in [0.05, 0.1) is 4.92 Å². The molecule has 134 valence electrons. The maximum Gasteiger partial charge on any atom is 0.292 e. The monoisotopic (exact) mass is 356 g/mol. The first-order valence-corrected chi connectivity index (χ1v) is 7.81. The maximum atomic E-state index is 12.1. The number of nitrogens with two attached hydrogens (primary N) is 1. The molecule has 0 saturated carbocycles. The van der Waals surface area contributed by atoms with E-state index >= 15 is 0 Å². The lowest BCUT2D eigenvalue weighted by molar-refractivity contribution is -0.383. The second kappa shape index (κ2) is 8.41. The summed E-state index contributed by atoms with van der Waals surface area (Å²) in [7, 11) is 0. The molecule has 1 amide bonds. The molecular weight excluding hydrogens is 332 g/mol. The molecule has 3 N–H and O–H groups in total. The number of nitrogens with one attached hydrogen (secondary N) is 1. The Balaban J connectivity index is 0.00000288. The predicted octanol–water partition coefficient (Wildman–Crippen LogP) is 2.40. The van der Waals surface area contributed by atoms with E-state index in [0.29, 0.717) is 13.0 Å². The molecule has 8 heteroatoms. The van der Waals surface area contributed by atoms with Crippen LogP contribution < -0.4 is 11.1 Å². The Labute approximate surface area is 148 Å². The van der Waals surface area contributed by atoms with Gasteiger partial charge >= 0.3 is 0 Å². The van der Waals surface area contributed by atoms with Crippen molar-refractivity contribution in [2.24, 2.45) is 11.1 Å². The molecule has 0 aromatic heterocycles. The maximum absolute atomic E-state index is 12.1. The number of likely N-dealkylation sites (tertiary alicyclic amines) is 1. The minimum Gasteiger partial charge on any atom is -0.327 e. The number of hydrogen-bond acceptors (Lipinski definition) is 5. The summed E-state index contributed by atoms with van der Waals surface area (Å²) in [6, 6.07) is 6.34. The minimum absolute atomic E-state index is 0. The lowest BCUT2D eigenvalue weighted by atomic mass is 9.80. The Bertz CT molecular complexity index is 594. The number of para-hydroxylation sites is 2. The molecule has 1 saturated heterocycles. The summed E-state index contributed by atoms with van der Waals surface area (Å²) in [5, 5.41) is 13.6. The first-order chi connectivity index (χ1) is 10.8. The Morgan fingerprint density at radius 1 is 1.46 bits per heavy atom. The van der Waals surface area contributed by atoms with Gasteiger partial charge in [-0.3, -0.25) is 14.9 Å². The summed E-state index contributed by atoms with van der Waals surface area (Å²) < 4.78 is 0. The van der Waals surface area contributed by atoms with Crippen molar-refractivity contribution in [3.8, 4) is 0 Å². The van der Waals surface area contributed by atoms with E-state index < -0.39 is 4.92 Å². The smallest absolute Gasteiger partial charge is 0.292 e. The third-order valence-corrected chi connectivity index (χ3v) is 4.42. The van der Waals surface area contributed by atoms with Crippen LogP contribution >= 0.6 is 12.4 Å². The van der Waals surface area contributed by atoms with Crippen molar-refractivity contribution in [2.75, 3.05) is 25.0 Å². The van der Waals surface area contributed by atoms with Crippen LogP contribution in [0.3, 0.4) is 0 Å². The molecule has 7 nitrogen and oxygen atoms in total. The van der Waals surface area contributed by atoms with Gasteiger partial charge in [0.1, 0.15) is 5.69 Å². The van der Waals surface area contributed by atoms with Crippen LogP contribution in [0.15, 0.2) is 24.3 Å². The number of halogens is 1. The first-order valence-electron chi connectivity index (χ1n) is 7.81. The molecular formula is C16H25ClN4O3. The normalized spacial score (nSPS) is 20.0. The molecule has 0 spiro atoms. The van der Waals surface area contributed by atoms with Crippen LogP contribution in [-0.2, 0) is 4.79 Å². The predicted molar refractivity (Wildman–Crippen MR) is 96.4 cm³/mol. The first kappa shape index (κ1) is 20.3. The number of benzene rings is 1. The zero-order chi connectivity index (χ0) is 17.0. The molecule has 1 aromatic rings. The lowest BCUT2D eigenvalue weighted by Gasteiger charge is -2.42. The van der Waals surface area contributed by atoms with E-state index in [-0.39, 0.29) is 41.1 Å². The molecule has 1 atom stereocenters. The number of hydrogen-bond donors (Lipinski definition) is 2. The fourth-order valence-electron chi connectivity index (χ4n) is 2.89. The second-order valence-electron chi connectivity index (χ2n) is 6.73. The summed E-state index contributed by atoms with van der Waals surface area (Å²) in [6.07, 6.45) is 1.22. The average Bonchev–Trinajstić information content (AvgIpc) is 2.48. The van der Waals surface area contributed by atoms with Gasteiger partial charge in [0, 0.05) is 31.6 Å². The van der Waals surface area contributed by atoms with Crippen LogP contribution in [0.5, 0.6) is 0 Å². The van der Waals surface area contributed by atoms with E-state index in [2.05, 4.69) is 24.1 Å². The van der Waals surface area contributed by atoms with Gasteiger partial charge in [-0.15, -0.1) is 12.4 Å². The Morgan fingerprint density at radius 2 is 2.12 bits per heavy atom. The third kappa shape index (κ3) is 5.15. The van der Waals surface area contributed by atoms with Gasteiger partial charge in [-0.25, -0.2) is 0 Å². The number of amides is 1. The lowest BCUT2D eigenvalue weighted by Crippen LogP contribution is -2.52. The molecule has 1 aliphatic heterocycles. The van der Waals surface area contributed by atoms with Gasteiger partial charge in [0.25, 0.3) is 5.69 Å². The number of rotatable bonds is 5. The van der Waals surface area contributed by atoms with E-state index in [1.165, 1.54) is 6.07 Å². The number of nitro benzene ring substituents is 1. The van der Waals surface area contributed by atoms with Crippen molar-refractivity contribution in [1.29, 1.82) is 0 Å². The van der Waals surface area contributed by atoms with Crippen molar-refractivity contribution in [1.82, 2.24) is 4.90 Å². The van der Waals surface area contributed by atoms with E-state index in [1.807, 2.05) is 0 Å². The zero-order valence-corrected chi connectivity index (χ0v) is 14.8. The van der Waals surface area contributed by atoms with E-state index in [1.54, 1.807) is 18.2 Å². The zero-order valence-electron chi connectivity index (χ0n) is 14.0. The molecule has 1 heterocycles. The van der Waals surface area contributed by atoms with Crippen LogP contribution in [0, 0.1) is 15.5 Å². The summed E-state index contributed by atoms with van der Waals surface area (Å²) in [6.45, 7) is 6.63. The summed E-state index contributed by atoms with van der Waals surface area (Å²) in [5.74, 6) is -0.216. The van der Waals surface area contributed by atoms with Gasteiger partial charge in [0.15, 0.2) is 0 Å². The van der Waals surface area contributed by atoms with Crippen LogP contribution in [-0.4, -0.2) is 41.4 Å². The van der Waals surface area contributed by atoms with E-state index in [9.17, 15) is 14.9 Å². The van der Waals surface area contributed by atoms with Crippen LogP contribution in [0.25, 0.3) is 0 Å². The number of anilines is 1. The number of piperidine rings is 1. The van der Waals surface area contributed by atoms with Crippen LogP contribution in [0.4, 0.5) is 11.4 Å². The van der Waals surface area contributed by atoms with Gasteiger partial charge in [-0.2, -0.15) is 0 Å². The summed E-state index contributed by atoms with van der Waals surface area (Å²) in [5.41, 5.74) is 6.29. The fraction of sp³-hybridized carbons (Fsp3) is 0.562. The minimum atomic E-state index is -0.496. The van der Waals surface area contributed by atoms with Crippen molar-refractivity contribution in [3.05, 3.63) is 34.4 Å². The highest BCUT2D eigenvalue weighted by Gasteiger charge is 2.33. The molecule has 1 unspecified atom stereocenters. The van der Waals surface area contributed by atoms with Crippen molar-refractivity contribution < 1.29 is 9.72 Å². The fourth-order valence-corrected chi connectivity index (χ4v) is 2.89. The Hall–Kier alpha value is -1.70. The third-order valence-electron chi connectivity index (χ3n) is 4.42. The van der Waals surface area contributed by atoms with Gasteiger partial charge in [-0.1, -0.05) is 26.0 Å². The van der Waals surface area contributed by atoms with Gasteiger partial charge in [-0.05, 0) is 24.4 Å². The van der Waals surface area contributed by atoms with Crippen LogP contribution in [0.2, 0.25) is 0 Å². The van der Waals surface area contributed by atoms with E-state index in [4.69, 9.17) is 5.73 Å². The largest absolute Gasteiger partial charge is 0.327 e. The molecule has 1 aromatic carbocycles. The van der Waals surface area contributed by atoms with Gasteiger partial charge < -0.3 is 16.0 Å². The number of nitrogens with zero attached hydrogens (tertiary/aromatic N) is 2. The number of carbonyl (C=O) groups is 1. The van der Waals surface area contributed by atoms with E-state index in [0.717, 1.165) is 19.5 Å². The highest BCUT2D eigenvalue weighted by Crippen LogP contribution is 2.28.